The van der Waals surface area contributed by atoms with Gasteiger partial charge in [-0.3, -0.25) is 0 Å². The lowest BCUT2D eigenvalue weighted by molar-refractivity contribution is 0.0697. The summed E-state index contributed by atoms with van der Waals surface area (Å²) in [5, 5.41) is 10.3. The molecule has 0 saturated carbocycles. The van der Waals surface area contributed by atoms with Gasteiger partial charge in [-0.15, -0.1) is 0 Å². The van der Waals surface area contributed by atoms with E-state index in [1.54, 1.807) is 24.3 Å². The molecule has 0 spiro atoms. The third-order valence-electron chi connectivity index (χ3n) is 4.59. The van der Waals surface area contributed by atoms with Crippen LogP contribution in [0.3, 0.4) is 0 Å². The SMILES string of the molecule is Cc1ccccc1-c1cn(-c2ccc(F)cc2)c2cc(C(=O)O)ccc12. The normalized spacial score (nSPS) is 11.0. The number of aromatic carboxylic acids is 1. The van der Waals surface area contributed by atoms with Crippen molar-refractivity contribution in [2.24, 2.45) is 0 Å². The number of halogens is 1. The average Bonchev–Trinajstić information content (AvgIpc) is 3.01. The van der Waals surface area contributed by atoms with E-state index in [0.717, 1.165) is 33.3 Å². The molecule has 0 aliphatic carbocycles. The summed E-state index contributed by atoms with van der Waals surface area (Å²) in [5.74, 6) is -1.29. The van der Waals surface area contributed by atoms with Gasteiger partial charge in [0, 0.05) is 22.8 Å². The number of hydrogen-bond donors (Lipinski definition) is 1. The molecule has 4 aromatic rings. The summed E-state index contributed by atoms with van der Waals surface area (Å²) in [6.45, 7) is 2.04. The molecular formula is C22H16FNO2. The van der Waals surface area contributed by atoms with Gasteiger partial charge in [-0.05, 0) is 54.4 Å². The lowest BCUT2D eigenvalue weighted by Crippen LogP contribution is -1.97. The minimum Gasteiger partial charge on any atom is -0.478 e. The summed E-state index contributed by atoms with van der Waals surface area (Å²) in [5.41, 5.74) is 5.00. The minimum absolute atomic E-state index is 0.218. The summed E-state index contributed by atoms with van der Waals surface area (Å²) >= 11 is 0. The predicted molar refractivity (Wildman–Crippen MR) is 100 cm³/mol. The fourth-order valence-corrected chi connectivity index (χ4v) is 3.26. The van der Waals surface area contributed by atoms with Gasteiger partial charge >= 0.3 is 5.97 Å². The topological polar surface area (TPSA) is 42.2 Å². The number of fused-ring (bicyclic) bond motifs is 1. The van der Waals surface area contributed by atoms with Gasteiger partial charge in [0.2, 0.25) is 0 Å². The highest BCUT2D eigenvalue weighted by Crippen LogP contribution is 2.34. The first-order valence-electron chi connectivity index (χ1n) is 8.25. The zero-order chi connectivity index (χ0) is 18.3. The van der Waals surface area contributed by atoms with E-state index in [-0.39, 0.29) is 11.4 Å². The van der Waals surface area contributed by atoms with Gasteiger partial charge in [0.05, 0.1) is 11.1 Å². The summed E-state index contributed by atoms with van der Waals surface area (Å²) in [7, 11) is 0. The van der Waals surface area contributed by atoms with E-state index in [0.29, 0.717) is 0 Å². The molecular weight excluding hydrogens is 329 g/mol. The molecule has 0 aliphatic rings. The van der Waals surface area contributed by atoms with Crippen molar-refractivity contribution in [1.29, 1.82) is 0 Å². The quantitative estimate of drug-likeness (QED) is 0.537. The van der Waals surface area contributed by atoms with E-state index in [2.05, 4.69) is 0 Å². The standard InChI is InChI=1S/C22H16FNO2/c1-14-4-2-3-5-18(14)20-13-24(17-9-7-16(23)8-10-17)21-12-15(22(25)26)6-11-19(20)21/h2-13H,1H3,(H,25,26). The Kier molecular flexibility index (Phi) is 3.81. The minimum atomic E-state index is -0.976. The zero-order valence-corrected chi connectivity index (χ0v) is 14.1. The molecule has 1 aromatic heterocycles. The fraction of sp³-hybridized carbons (Fsp3) is 0.0455. The Bertz CT molecular complexity index is 1130. The second kappa shape index (κ2) is 6.15. The number of carbonyl (C=O) groups is 1. The van der Waals surface area contributed by atoms with Crippen LogP contribution in [0.2, 0.25) is 0 Å². The Hall–Kier alpha value is -3.40. The predicted octanol–water partition coefficient (Wildman–Crippen LogP) is 5.44. The van der Waals surface area contributed by atoms with Crippen LogP contribution in [0.5, 0.6) is 0 Å². The maximum absolute atomic E-state index is 13.3. The van der Waals surface area contributed by atoms with Gasteiger partial charge in [0.1, 0.15) is 5.82 Å². The van der Waals surface area contributed by atoms with Gasteiger partial charge in [-0.25, -0.2) is 9.18 Å². The van der Waals surface area contributed by atoms with Crippen molar-refractivity contribution >= 4 is 16.9 Å². The molecule has 4 heteroatoms. The maximum Gasteiger partial charge on any atom is 0.335 e. The van der Waals surface area contributed by atoms with Crippen LogP contribution in [0.4, 0.5) is 4.39 Å². The number of benzene rings is 3. The smallest absolute Gasteiger partial charge is 0.335 e. The van der Waals surface area contributed by atoms with Crippen molar-refractivity contribution in [1.82, 2.24) is 4.57 Å². The molecule has 26 heavy (non-hydrogen) atoms. The Morgan fingerprint density at radius 1 is 0.962 bits per heavy atom. The molecule has 0 amide bonds. The Labute approximate surface area is 149 Å². The number of nitrogens with zero attached hydrogens (tertiary/aromatic N) is 1. The van der Waals surface area contributed by atoms with Crippen molar-refractivity contribution < 1.29 is 14.3 Å². The highest BCUT2D eigenvalue weighted by Gasteiger charge is 2.15. The van der Waals surface area contributed by atoms with E-state index in [1.807, 2.05) is 48.0 Å². The van der Waals surface area contributed by atoms with E-state index in [1.165, 1.54) is 12.1 Å². The van der Waals surface area contributed by atoms with Gasteiger partial charge in [-0.2, -0.15) is 0 Å². The van der Waals surface area contributed by atoms with Crippen LogP contribution in [0.25, 0.3) is 27.7 Å². The molecule has 0 atom stereocenters. The number of aromatic nitrogens is 1. The van der Waals surface area contributed by atoms with Crippen LogP contribution in [0.15, 0.2) is 72.9 Å². The lowest BCUT2D eigenvalue weighted by Gasteiger charge is -2.05. The number of carboxylic acid groups (broad SMARTS) is 1. The number of rotatable bonds is 3. The van der Waals surface area contributed by atoms with Crippen LogP contribution in [-0.2, 0) is 0 Å². The van der Waals surface area contributed by atoms with E-state index in [4.69, 9.17) is 0 Å². The monoisotopic (exact) mass is 345 g/mol. The Balaban J connectivity index is 2.04. The largest absolute Gasteiger partial charge is 0.478 e. The maximum atomic E-state index is 13.3. The summed E-state index contributed by atoms with van der Waals surface area (Å²) in [6, 6.07) is 19.3. The molecule has 0 radical (unpaired) electrons. The highest BCUT2D eigenvalue weighted by molar-refractivity contribution is 6.01. The summed E-state index contributed by atoms with van der Waals surface area (Å²) in [4.78, 5) is 11.4. The molecule has 1 N–H and O–H groups in total. The van der Waals surface area contributed by atoms with Gasteiger partial charge in [-0.1, -0.05) is 30.3 Å². The first-order chi connectivity index (χ1) is 12.5. The van der Waals surface area contributed by atoms with Crippen molar-refractivity contribution in [2.75, 3.05) is 0 Å². The molecule has 3 nitrogen and oxygen atoms in total. The van der Waals surface area contributed by atoms with Crippen LogP contribution in [0, 0.1) is 12.7 Å². The number of carboxylic acids is 1. The van der Waals surface area contributed by atoms with Crippen molar-refractivity contribution in [3.05, 3.63) is 89.9 Å². The number of aryl methyl sites for hydroxylation is 1. The molecule has 0 aliphatic heterocycles. The fourth-order valence-electron chi connectivity index (χ4n) is 3.26. The van der Waals surface area contributed by atoms with Gasteiger partial charge < -0.3 is 9.67 Å². The molecule has 0 unspecified atom stereocenters. The summed E-state index contributed by atoms with van der Waals surface area (Å²) in [6.07, 6.45) is 1.98. The van der Waals surface area contributed by atoms with Crippen molar-refractivity contribution in [2.45, 2.75) is 6.92 Å². The summed E-state index contributed by atoms with van der Waals surface area (Å²) < 4.78 is 15.2. The van der Waals surface area contributed by atoms with Crippen LogP contribution < -0.4 is 0 Å². The Morgan fingerprint density at radius 2 is 1.69 bits per heavy atom. The third-order valence-corrected chi connectivity index (χ3v) is 4.59. The molecule has 1 heterocycles. The molecule has 0 bridgehead atoms. The van der Waals surface area contributed by atoms with Crippen LogP contribution in [0.1, 0.15) is 15.9 Å². The van der Waals surface area contributed by atoms with E-state index < -0.39 is 5.97 Å². The van der Waals surface area contributed by atoms with Crippen LogP contribution in [-0.4, -0.2) is 15.6 Å². The van der Waals surface area contributed by atoms with Crippen molar-refractivity contribution in [3.8, 4) is 16.8 Å². The molecule has 4 rings (SSSR count). The van der Waals surface area contributed by atoms with Crippen molar-refractivity contribution in [3.63, 3.8) is 0 Å². The molecule has 3 aromatic carbocycles. The van der Waals surface area contributed by atoms with E-state index >= 15 is 0 Å². The average molecular weight is 345 g/mol. The lowest BCUT2D eigenvalue weighted by atomic mass is 9.99. The van der Waals surface area contributed by atoms with Crippen LogP contribution >= 0.6 is 0 Å². The first kappa shape index (κ1) is 16.1. The second-order valence-electron chi connectivity index (χ2n) is 6.24. The zero-order valence-electron chi connectivity index (χ0n) is 14.1. The first-order valence-corrected chi connectivity index (χ1v) is 8.25. The molecule has 128 valence electrons. The third kappa shape index (κ3) is 2.65. The second-order valence-corrected chi connectivity index (χ2v) is 6.24. The Morgan fingerprint density at radius 3 is 2.38 bits per heavy atom. The highest BCUT2D eigenvalue weighted by atomic mass is 19.1. The van der Waals surface area contributed by atoms with Gasteiger partial charge in [0.25, 0.3) is 0 Å². The van der Waals surface area contributed by atoms with Gasteiger partial charge in [0.15, 0.2) is 0 Å². The number of hydrogen-bond acceptors (Lipinski definition) is 1. The molecule has 0 saturated heterocycles. The molecule has 0 fully saturated rings. The van der Waals surface area contributed by atoms with E-state index in [9.17, 15) is 14.3 Å².